The number of hydrogen-bond donors (Lipinski definition) is 1. The van der Waals surface area contributed by atoms with Gasteiger partial charge < -0.3 is 5.32 Å². The second-order valence-corrected chi connectivity index (χ2v) is 6.05. The van der Waals surface area contributed by atoms with Crippen molar-refractivity contribution >= 4 is 21.6 Å². The van der Waals surface area contributed by atoms with Gasteiger partial charge in [-0.3, -0.25) is 0 Å². The Morgan fingerprint density at radius 3 is 2.32 bits per heavy atom. The van der Waals surface area contributed by atoms with E-state index in [1.807, 2.05) is 0 Å². The van der Waals surface area contributed by atoms with E-state index in [1.165, 1.54) is 27.8 Å². The fourth-order valence-electron chi connectivity index (χ4n) is 2.18. The highest BCUT2D eigenvalue weighted by molar-refractivity contribution is 9.10. The van der Waals surface area contributed by atoms with Gasteiger partial charge in [0.2, 0.25) is 0 Å². The summed E-state index contributed by atoms with van der Waals surface area (Å²) < 4.78 is 1.11. The molecule has 0 spiro atoms. The number of aryl methyl sites for hydroxylation is 4. The molecule has 0 heterocycles. The van der Waals surface area contributed by atoms with Crippen LogP contribution in [0, 0.1) is 27.7 Å². The van der Waals surface area contributed by atoms with E-state index < -0.39 is 0 Å². The molecule has 2 aromatic rings. The van der Waals surface area contributed by atoms with Crippen LogP contribution < -0.4 is 5.32 Å². The van der Waals surface area contributed by atoms with Gasteiger partial charge in [-0.05, 0) is 83.6 Å². The molecule has 1 nitrogen and oxygen atoms in total. The van der Waals surface area contributed by atoms with Gasteiger partial charge in [0.1, 0.15) is 0 Å². The van der Waals surface area contributed by atoms with Crippen LogP contribution in [0.1, 0.15) is 27.8 Å². The van der Waals surface area contributed by atoms with Crippen LogP contribution >= 0.6 is 15.9 Å². The fraction of sp³-hybridized carbons (Fsp3) is 0.294. The first-order valence-electron chi connectivity index (χ1n) is 6.54. The third kappa shape index (κ3) is 3.38. The summed E-state index contributed by atoms with van der Waals surface area (Å²) in [5, 5.41) is 3.51. The zero-order chi connectivity index (χ0) is 14.0. The summed E-state index contributed by atoms with van der Waals surface area (Å²) in [6, 6.07) is 10.9. The first kappa shape index (κ1) is 14.1. The average molecular weight is 318 g/mol. The zero-order valence-electron chi connectivity index (χ0n) is 12.0. The molecule has 0 aliphatic heterocycles. The standard InChI is InChI=1S/C17H20BrN/c1-11-5-6-16(18)17(7-11)19-10-15-9-13(3)12(2)8-14(15)4/h5-9,19H,10H2,1-4H3. The highest BCUT2D eigenvalue weighted by Crippen LogP contribution is 2.24. The van der Waals surface area contributed by atoms with Crippen LogP contribution in [-0.2, 0) is 6.54 Å². The first-order chi connectivity index (χ1) is 8.97. The van der Waals surface area contributed by atoms with Gasteiger partial charge in [-0.25, -0.2) is 0 Å². The van der Waals surface area contributed by atoms with Gasteiger partial charge in [-0.2, -0.15) is 0 Å². The van der Waals surface area contributed by atoms with Crippen molar-refractivity contribution in [1.82, 2.24) is 0 Å². The summed E-state index contributed by atoms with van der Waals surface area (Å²) in [7, 11) is 0. The van der Waals surface area contributed by atoms with Gasteiger partial charge in [0, 0.05) is 16.7 Å². The molecule has 2 aromatic carbocycles. The Labute approximate surface area is 124 Å². The van der Waals surface area contributed by atoms with E-state index in [9.17, 15) is 0 Å². The molecule has 100 valence electrons. The van der Waals surface area contributed by atoms with Crippen molar-refractivity contribution in [3.05, 3.63) is 62.6 Å². The quantitative estimate of drug-likeness (QED) is 0.810. The molecule has 0 amide bonds. The predicted octanol–water partition coefficient (Wildman–Crippen LogP) is 5.29. The molecule has 19 heavy (non-hydrogen) atoms. The Kier molecular flexibility index (Phi) is 4.31. The third-order valence-corrected chi connectivity index (χ3v) is 4.23. The van der Waals surface area contributed by atoms with Gasteiger partial charge in [0.05, 0.1) is 0 Å². The van der Waals surface area contributed by atoms with E-state index in [2.05, 4.69) is 79.3 Å². The maximum absolute atomic E-state index is 3.59. The summed E-state index contributed by atoms with van der Waals surface area (Å²) in [6.07, 6.45) is 0. The Hall–Kier alpha value is -1.28. The van der Waals surface area contributed by atoms with Crippen LogP contribution in [0.3, 0.4) is 0 Å². The van der Waals surface area contributed by atoms with Gasteiger partial charge in [-0.15, -0.1) is 0 Å². The zero-order valence-corrected chi connectivity index (χ0v) is 13.6. The van der Waals surface area contributed by atoms with E-state index in [1.54, 1.807) is 0 Å². The number of hydrogen-bond acceptors (Lipinski definition) is 1. The Balaban J connectivity index is 2.19. The molecule has 2 heteroatoms. The molecule has 0 aliphatic rings. The van der Waals surface area contributed by atoms with Crippen LogP contribution in [0.15, 0.2) is 34.8 Å². The van der Waals surface area contributed by atoms with Gasteiger partial charge in [0.15, 0.2) is 0 Å². The van der Waals surface area contributed by atoms with Crippen molar-refractivity contribution in [3.8, 4) is 0 Å². The highest BCUT2D eigenvalue weighted by Gasteiger charge is 2.04. The third-order valence-electron chi connectivity index (χ3n) is 3.54. The molecular formula is C17H20BrN. The summed E-state index contributed by atoms with van der Waals surface area (Å²) in [4.78, 5) is 0. The molecule has 0 saturated heterocycles. The van der Waals surface area contributed by atoms with Crippen LogP contribution in [0.5, 0.6) is 0 Å². The van der Waals surface area contributed by atoms with E-state index >= 15 is 0 Å². The predicted molar refractivity (Wildman–Crippen MR) is 86.9 cm³/mol. The van der Waals surface area contributed by atoms with Crippen molar-refractivity contribution < 1.29 is 0 Å². The number of nitrogens with one attached hydrogen (secondary N) is 1. The van der Waals surface area contributed by atoms with Gasteiger partial charge in [0.25, 0.3) is 0 Å². The Morgan fingerprint density at radius 2 is 1.58 bits per heavy atom. The Bertz CT molecular complexity index is 602. The first-order valence-corrected chi connectivity index (χ1v) is 7.33. The molecule has 0 radical (unpaired) electrons. The Morgan fingerprint density at radius 1 is 0.895 bits per heavy atom. The molecule has 0 fully saturated rings. The second kappa shape index (κ2) is 5.79. The molecule has 0 saturated carbocycles. The van der Waals surface area contributed by atoms with Crippen LogP contribution in [-0.4, -0.2) is 0 Å². The normalized spacial score (nSPS) is 10.6. The van der Waals surface area contributed by atoms with Crippen molar-refractivity contribution in [2.75, 3.05) is 5.32 Å². The second-order valence-electron chi connectivity index (χ2n) is 5.20. The topological polar surface area (TPSA) is 12.0 Å². The van der Waals surface area contributed by atoms with Gasteiger partial charge in [-0.1, -0.05) is 18.2 Å². The van der Waals surface area contributed by atoms with Crippen LogP contribution in [0.4, 0.5) is 5.69 Å². The lowest BCUT2D eigenvalue weighted by Crippen LogP contribution is -2.03. The average Bonchev–Trinajstić information content (AvgIpc) is 2.36. The van der Waals surface area contributed by atoms with E-state index in [4.69, 9.17) is 0 Å². The lowest BCUT2D eigenvalue weighted by atomic mass is 10.0. The molecule has 2 rings (SSSR count). The molecule has 0 unspecified atom stereocenters. The molecule has 0 aromatic heterocycles. The van der Waals surface area contributed by atoms with Crippen molar-refractivity contribution in [3.63, 3.8) is 0 Å². The molecular weight excluding hydrogens is 298 g/mol. The molecule has 1 N–H and O–H groups in total. The van der Waals surface area contributed by atoms with Crippen LogP contribution in [0.25, 0.3) is 0 Å². The minimum Gasteiger partial charge on any atom is -0.380 e. The van der Waals surface area contributed by atoms with Crippen molar-refractivity contribution in [2.24, 2.45) is 0 Å². The van der Waals surface area contributed by atoms with E-state index in [-0.39, 0.29) is 0 Å². The van der Waals surface area contributed by atoms with Gasteiger partial charge >= 0.3 is 0 Å². The summed E-state index contributed by atoms with van der Waals surface area (Å²) >= 11 is 3.59. The van der Waals surface area contributed by atoms with Crippen LogP contribution in [0.2, 0.25) is 0 Å². The lowest BCUT2D eigenvalue weighted by molar-refractivity contribution is 1.10. The minimum absolute atomic E-state index is 0.856. The molecule has 0 bridgehead atoms. The number of rotatable bonds is 3. The largest absolute Gasteiger partial charge is 0.380 e. The minimum atomic E-state index is 0.856. The highest BCUT2D eigenvalue weighted by atomic mass is 79.9. The number of anilines is 1. The lowest BCUT2D eigenvalue weighted by Gasteiger charge is -2.13. The summed E-state index contributed by atoms with van der Waals surface area (Å²) in [6.45, 7) is 9.47. The fourth-order valence-corrected chi connectivity index (χ4v) is 2.56. The number of halogens is 1. The van der Waals surface area contributed by atoms with E-state index in [0.717, 1.165) is 16.7 Å². The maximum atomic E-state index is 3.59. The maximum Gasteiger partial charge on any atom is 0.0489 e. The van der Waals surface area contributed by atoms with Crippen molar-refractivity contribution in [2.45, 2.75) is 34.2 Å². The van der Waals surface area contributed by atoms with Crippen molar-refractivity contribution in [1.29, 1.82) is 0 Å². The SMILES string of the molecule is Cc1ccc(Br)c(NCc2cc(C)c(C)cc2C)c1. The van der Waals surface area contributed by atoms with E-state index in [0.29, 0.717) is 0 Å². The summed E-state index contributed by atoms with van der Waals surface area (Å²) in [5.41, 5.74) is 7.83. The smallest absolute Gasteiger partial charge is 0.0489 e. The monoisotopic (exact) mass is 317 g/mol. The summed E-state index contributed by atoms with van der Waals surface area (Å²) in [5.74, 6) is 0. The molecule has 0 aliphatic carbocycles. The molecule has 0 atom stereocenters. The number of benzene rings is 2.